The van der Waals surface area contributed by atoms with E-state index in [0.717, 1.165) is 30.3 Å². The van der Waals surface area contributed by atoms with Crippen molar-refractivity contribution in [1.29, 1.82) is 0 Å². The van der Waals surface area contributed by atoms with Crippen LogP contribution in [0.15, 0.2) is 48.9 Å². The minimum Gasteiger partial charge on any atom is -0.297 e. The molecule has 0 unspecified atom stereocenters. The van der Waals surface area contributed by atoms with Crippen LogP contribution in [0.1, 0.15) is 37.3 Å². The second-order valence-electron chi connectivity index (χ2n) is 8.02. The molecule has 0 spiro atoms. The number of hydrogen-bond donors (Lipinski definition) is 0. The smallest absolute Gasteiger partial charge is 0.102 e. The molecule has 138 valence electrons. The first-order valence-electron chi connectivity index (χ1n) is 10.2. The van der Waals surface area contributed by atoms with E-state index in [4.69, 9.17) is 5.10 Å². The number of pyridine rings is 1. The van der Waals surface area contributed by atoms with Gasteiger partial charge in [-0.15, -0.1) is 0 Å². The molecule has 1 aromatic carbocycles. The molecule has 0 bridgehead atoms. The molecule has 2 aromatic heterocycles. The van der Waals surface area contributed by atoms with E-state index in [-0.39, 0.29) is 0 Å². The standard InChI is InChI=1S/C23H26N4/c1-17-9-13-26(14-10-17)27-16-22(23(25-27)19-7-11-24-12-8-19)21-6-5-18-3-2-4-20(18)15-21/h5-8,11-12,15-17H,2-4,9-10,13-14H2,1H3. The number of piperidine rings is 1. The molecule has 3 aromatic rings. The molecule has 1 fully saturated rings. The molecular weight excluding hydrogens is 332 g/mol. The maximum Gasteiger partial charge on any atom is 0.102 e. The van der Waals surface area contributed by atoms with Crippen molar-refractivity contribution in [3.63, 3.8) is 0 Å². The van der Waals surface area contributed by atoms with Crippen LogP contribution >= 0.6 is 0 Å². The van der Waals surface area contributed by atoms with E-state index in [1.807, 2.05) is 12.4 Å². The molecule has 0 N–H and O–H groups in total. The second-order valence-corrected chi connectivity index (χ2v) is 8.02. The molecule has 1 aliphatic heterocycles. The summed E-state index contributed by atoms with van der Waals surface area (Å²) in [6.45, 7) is 4.49. The summed E-state index contributed by atoms with van der Waals surface area (Å²) in [5.41, 5.74) is 7.70. The number of hydrogen-bond acceptors (Lipinski definition) is 3. The monoisotopic (exact) mass is 358 g/mol. The minimum absolute atomic E-state index is 0.813. The van der Waals surface area contributed by atoms with E-state index in [0.29, 0.717) is 0 Å². The van der Waals surface area contributed by atoms with Crippen molar-refractivity contribution >= 4 is 0 Å². The Balaban J connectivity index is 1.58. The van der Waals surface area contributed by atoms with Crippen molar-refractivity contribution in [1.82, 2.24) is 14.9 Å². The first-order valence-corrected chi connectivity index (χ1v) is 10.2. The van der Waals surface area contributed by atoms with Crippen LogP contribution in [0.25, 0.3) is 22.4 Å². The van der Waals surface area contributed by atoms with E-state index in [1.54, 1.807) is 0 Å². The van der Waals surface area contributed by atoms with E-state index >= 15 is 0 Å². The van der Waals surface area contributed by atoms with Gasteiger partial charge in [-0.05, 0) is 66.8 Å². The normalized spacial score (nSPS) is 17.3. The van der Waals surface area contributed by atoms with Crippen molar-refractivity contribution in [2.24, 2.45) is 5.92 Å². The average molecular weight is 358 g/mol. The Labute approximate surface area is 160 Å². The van der Waals surface area contributed by atoms with Crippen LogP contribution in [-0.4, -0.2) is 28.0 Å². The minimum atomic E-state index is 0.813. The number of aryl methyl sites for hydroxylation is 2. The van der Waals surface area contributed by atoms with E-state index < -0.39 is 0 Å². The molecule has 0 atom stereocenters. The second kappa shape index (κ2) is 6.84. The lowest BCUT2D eigenvalue weighted by Crippen LogP contribution is -2.41. The van der Waals surface area contributed by atoms with Gasteiger partial charge in [0, 0.05) is 36.6 Å². The van der Waals surface area contributed by atoms with Crippen molar-refractivity contribution in [2.45, 2.75) is 39.0 Å². The van der Waals surface area contributed by atoms with Crippen LogP contribution < -0.4 is 5.01 Å². The highest BCUT2D eigenvalue weighted by atomic mass is 15.7. The zero-order valence-corrected chi connectivity index (χ0v) is 15.9. The molecule has 3 heterocycles. The molecule has 1 aliphatic carbocycles. The SMILES string of the molecule is CC1CCN(n2cc(-c3ccc4c(c3)CCC4)c(-c3ccncc3)n2)CC1. The predicted octanol–water partition coefficient (Wildman–Crippen LogP) is 4.47. The van der Waals surface area contributed by atoms with Gasteiger partial charge < -0.3 is 0 Å². The summed E-state index contributed by atoms with van der Waals surface area (Å²) < 4.78 is 0. The molecule has 5 rings (SSSR count). The first-order chi connectivity index (χ1) is 13.3. The zero-order chi connectivity index (χ0) is 18.2. The van der Waals surface area contributed by atoms with Crippen LogP contribution in [0.5, 0.6) is 0 Å². The van der Waals surface area contributed by atoms with Gasteiger partial charge in [-0.3, -0.25) is 9.99 Å². The highest BCUT2D eigenvalue weighted by Gasteiger charge is 2.21. The summed E-state index contributed by atoms with van der Waals surface area (Å²) in [6, 6.07) is 11.1. The third-order valence-corrected chi connectivity index (χ3v) is 6.12. The highest BCUT2D eigenvalue weighted by Crippen LogP contribution is 2.34. The Kier molecular flexibility index (Phi) is 4.19. The fourth-order valence-corrected chi connectivity index (χ4v) is 4.38. The molecule has 4 heteroatoms. The lowest BCUT2D eigenvalue weighted by Gasteiger charge is -2.31. The Morgan fingerprint density at radius 1 is 0.926 bits per heavy atom. The van der Waals surface area contributed by atoms with Crippen molar-refractivity contribution < 1.29 is 0 Å². The topological polar surface area (TPSA) is 34.0 Å². The van der Waals surface area contributed by atoms with Crippen molar-refractivity contribution in [2.75, 3.05) is 18.1 Å². The molecule has 27 heavy (non-hydrogen) atoms. The van der Waals surface area contributed by atoms with Gasteiger partial charge in [0.25, 0.3) is 0 Å². The largest absolute Gasteiger partial charge is 0.297 e. The predicted molar refractivity (Wildman–Crippen MR) is 109 cm³/mol. The number of benzene rings is 1. The van der Waals surface area contributed by atoms with E-state index in [9.17, 15) is 0 Å². The van der Waals surface area contributed by atoms with Gasteiger partial charge in [0.1, 0.15) is 5.69 Å². The van der Waals surface area contributed by atoms with E-state index in [2.05, 4.69) is 58.2 Å². The molecule has 2 aliphatic rings. The van der Waals surface area contributed by atoms with E-state index in [1.165, 1.54) is 54.4 Å². The number of nitrogens with zero attached hydrogens (tertiary/aromatic N) is 4. The average Bonchev–Trinajstić information content (AvgIpc) is 3.36. The van der Waals surface area contributed by atoms with Gasteiger partial charge in [-0.2, -0.15) is 9.89 Å². The number of aromatic nitrogens is 3. The maximum atomic E-state index is 5.01. The molecule has 0 saturated carbocycles. The molecule has 4 nitrogen and oxygen atoms in total. The van der Waals surface area contributed by atoms with Gasteiger partial charge in [0.05, 0.1) is 6.20 Å². The van der Waals surface area contributed by atoms with Crippen molar-refractivity contribution in [3.05, 3.63) is 60.0 Å². The van der Waals surface area contributed by atoms with Crippen LogP contribution in [-0.2, 0) is 12.8 Å². The van der Waals surface area contributed by atoms with Crippen LogP contribution in [0, 0.1) is 5.92 Å². The van der Waals surface area contributed by atoms with Crippen LogP contribution in [0.4, 0.5) is 0 Å². The van der Waals surface area contributed by atoms with Gasteiger partial charge in [0.15, 0.2) is 0 Å². The van der Waals surface area contributed by atoms with Crippen LogP contribution in [0.2, 0.25) is 0 Å². The summed E-state index contributed by atoms with van der Waals surface area (Å²) in [6.07, 6.45) is 12.1. The summed E-state index contributed by atoms with van der Waals surface area (Å²) in [4.78, 5) is 6.27. The molecule has 0 radical (unpaired) electrons. The zero-order valence-electron chi connectivity index (χ0n) is 15.9. The summed E-state index contributed by atoms with van der Waals surface area (Å²) in [7, 11) is 0. The molecule has 1 saturated heterocycles. The highest BCUT2D eigenvalue weighted by molar-refractivity contribution is 5.80. The third-order valence-electron chi connectivity index (χ3n) is 6.12. The maximum absolute atomic E-state index is 5.01. The molecular formula is C23H26N4. The van der Waals surface area contributed by atoms with Crippen LogP contribution in [0.3, 0.4) is 0 Å². The molecule has 0 amide bonds. The Hall–Kier alpha value is -2.62. The van der Waals surface area contributed by atoms with Gasteiger partial charge >= 0.3 is 0 Å². The number of fused-ring (bicyclic) bond motifs is 1. The fraction of sp³-hybridized carbons (Fsp3) is 0.391. The third kappa shape index (κ3) is 3.14. The first kappa shape index (κ1) is 16.5. The quantitative estimate of drug-likeness (QED) is 0.693. The van der Waals surface area contributed by atoms with Gasteiger partial charge in [-0.1, -0.05) is 25.1 Å². The lowest BCUT2D eigenvalue weighted by molar-refractivity contribution is 0.372. The lowest BCUT2D eigenvalue weighted by atomic mass is 9.99. The van der Waals surface area contributed by atoms with Gasteiger partial charge in [-0.25, -0.2) is 0 Å². The number of rotatable bonds is 3. The Morgan fingerprint density at radius 3 is 2.52 bits per heavy atom. The fourth-order valence-electron chi connectivity index (χ4n) is 4.38. The summed E-state index contributed by atoms with van der Waals surface area (Å²) in [5.74, 6) is 0.813. The van der Waals surface area contributed by atoms with Crippen molar-refractivity contribution in [3.8, 4) is 22.4 Å². The summed E-state index contributed by atoms with van der Waals surface area (Å²) in [5, 5.41) is 7.39. The van der Waals surface area contributed by atoms with Gasteiger partial charge in [0.2, 0.25) is 0 Å². The Morgan fingerprint density at radius 2 is 1.70 bits per heavy atom. The summed E-state index contributed by atoms with van der Waals surface area (Å²) >= 11 is 0. The Bertz CT molecular complexity index is 936.